The molecule has 44 valence electrons. The number of rotatable bonds is 2. The second kappa shape index (κ2) is 3.34. The topological polar surface area (TPSA) is 0 Å². The Morgan fingerprint density at radius 3 is 2.14 bits per heavy atom. The lowest BCUT2D eigenvalue weighted by atomic mass is 11.6. The summed E-state index contributed by atoms with van der Waals surface area (Å²) in [4.78, 5) is 0. The summed E-state index contributed by atoms with van der Waals surface area (Å²) in [5, 5.41) is 0. The monoisotopic (exact) mass is 256 g/mol. The van der Waals surface area contributed by atoms with Gasteiger partial charge in [0.05, 0.1) is 3.76 Å². The first-order valence-electron chi connectivity index (χ1n) is 1.36. The van der Waals surface area contributed by atoms with Gasteiger partial charge in [-0.2, -0.15) is 8.78 Å². The predicted octanol–water partition coefficient (Wildman–Crippen LogP) is 2.59. The summed E-state index contributed by atoms with van der Waals surface area (Å²) in [7, 11) is 0. The fourth-order valence-electron chi connectivity index (χ4n) is 0.0656. The number of hydrogen-bond donors (Lipinski definition) is 1. The molecule has 0 aliphatic heterocycles. The summed E-state index contributed by atoms with van der Waals surface area (Å²) in [5.41, 5.74) is 0. The van der Waals surface area contributed by atoms with Crippen molar-refractivity contribution < 1.29 is 8.78 Å². The summed E-state index contributed by atoms with van der Waals surface area (Å²) < 4.78 is 20.6. The third-order valence-corrected chi connectivity index (χ3v) is 2.01. The standard InChI is InChI=1S/C2H3F2IS2/c3-2(4,6)7-1-5/h6H,1H2. The zero-order valence-electron chi connectivity index (χ0n) is 3.20. The zero-order valence-corrected chi connectivity index (χ0v) is 7.06. The molecule has 0 aliphatic rings. The van der Waals surface area contributed by atoms with Crippen molar-refractivity contribution in [3.05, 3.63) is 0 Å². The van der Waals surface area contributed by atoms with Gasteiger partial charge in [0, 0.05) is 0 Å². The van der Waals surface area contributed by atoms with Gasteiger partial charge < -0.3 is 0 Å². The molecule has 0 saturated carbocycles. The van der Waals surface area contributed by atoms with E-state index in [2.05, 4.69) is 12.6 Å². The van der Waals surface area contributed by atoms with Crippen LogP contribution in [0, 0.1) is 0 Å². The van der Waals surface area contributed by atoms with Gasteiger partial charge in [0.1, 0.15) is 0 Å². The Hall–Kier alpha value is 1.29. The highest BCUT2D eigenvalue weighted by atomic mass is 127. The molecule has 0 N–H and O–H groups in total. The molecule has 7 heavy (non-hydrogen) atoms. The predicted molar refractivity (Wildman–Crippen MR) is 40.4 cm³/mol. The van der Waals surface area contributed by atoms with E-state index in [0.717, 1.165) is 0 Å². The fourth-order valence-corrected chi connectivity index (χ4v) is 2.30. The molecule has 0 aromatic carbocycles. The largest absolute Gasteiger partial charge is 0.339 e. The minimum Gasteiger partial charge on any atom is -0.183 e. The Balaban J connectivity index is 3.15. The number of thioether (sulfide) groups is 1. The van der Waals surface area contributed by atoms with Crippen molar-refractivity contribution in [3.8, 4) is 0 Å². The van der Waals surface area contributed by atoms with Gasteiger partial charge in [0.15, 0.2) is 0 Å². The molecule has 0 saturated heterocycles. The van der Waals surface area contributed by atoms with Crippen molar-refractivity contribution in [3.63, 3.8) is 0 Å². The Morgan fingerprint density at radius 2 is 2.14 bits per heavy atom. The first-order valence-corrected chi connectivity index (χ1v) is 4.32. The van der Waals surface area contributed by atoms with Crippen LogP contribution < -0.4 is 0 Å². The smallest absolute Gasteiger partial charge is 0.183 e. The van der Waals surface area contributed by atoms with Crippen molar-refractivity contribution >= 4 is 47.0 Å². The Morgan fingerprint density at radius 1 is 1.71 bits per heavy atom. The molecular weight excluding hydrogens is 253 g/mol. The Kier molecular flexibility index (Phi) is 3.96. The third-order valence-electron chi connectivity index (χ3n) is 0.228. The van der Waals surface area contributed by atoms with Crippen molar-refractivity contribution in [2.24, 2.45) is 0 Å². The second-order valence-corrected chi connectivity index (χ2v) is 4.49. The maximum Gasteiger partial charge on any atom is 0.339 e. The molecular formula is C2H3F2IS2. The van der Waals surface area contributed by atoms with Gasteiger partial charge in [0.25, 0.3) is 0 Å². The second-order valence-electron chi connectivity index (χ2n) is 0.739. The molecule has 5 heteroatoms. The summed E-state index contributed by atoms with van der Waals surface area (Å²) in [6, 6.07) is 0. The highest BCUT2D eigenvalue weighted by Crippen LogP contribution is 2.33. The van der Waals surface area contributed by atoms with E-state index in [1.807, 2.05) is 22.6 Å². The Bertz CT molecular complexity index is 52.1. The first-order chi connectivity index (χ1) is 3.06. The molecule has 0 aromatic rings. The first kappa shape index (κ1) is 8.29. The summed E-state index contributed by atoms with van der Waals surface area (Å²) in [5.74, 6) is 0. The normalized spacial score (nSPS) is 12.0. The SMILES string of the molecule is FC(F)(S)SCI. The number of hydrogen-bond acceptors (Lipinski definition) is 2. The average Bonchev–Trinajstić information content (AvgIpc) is 1.30. The van der Waals surface area contributed by atoms with Gasteiger partial charge in [-0.3, -0.25) is 0 Å². The van der Waals surface area contributed by atoms with Crippen LogP contribution in [-0.2, 0) is 0 Å². The summed E-state index contributed by atoms with van der Waals surface area (Å²) in [6.07, 6.45) is 0. The van der Waals surface area contributed by atoms with Gasteiger partial charge in [-0.25, -0.2) is 0 Å². The van der Waals surface area contributed by atoms with Crippen LogP contribution in [0.3, 0.4) is 0 Å². The molecule has 0 fully saturated rings. The van der Waals surface area contributed by atoms with E-state index in [-0.39, 0.29) is 0 Å². The maximum atomic E-state index is 11.5. The van der Waals surface area contributed by atoms with Crippen molar-refractivity contribution in [1.82, 2.24) is 0 Å². The Labute approximate surface area is 64.0 Å². The third kappa shape index (κ3) is 7.29. The molecule has 0 radical (unpaired) electrons. The van der Waals surface area contributed by atoms with Crippen LogP contribution in [-0.4, -0.2) is 8.35 Å². The lowest BCUT2D eigenvalue weighted by molar-refractivity contribution is 0.215. The number of thiol groups is 1. The van der Waals surface area contributed by atoms with Crippen molar-refractivity contribution in [2.45, 2.75) is 4.59 Å². The van der Waals surface area contributed by atoms with E-state index in [1.165, 1.54) is 0 Å². The van der Waals surface area contributed by atoms with Crippen molar-refractivity contribution in [1.29, 1.82) is 0 Å². The molecule has 0 unspecified atom stereocenters. The number of halogens is 3. The fraction of sp³-hybridized carbons (Fsp3) is 1.00. The van der Waals surface area contributed by atoms with Crippen LogP contribution in [0.2, 0.25) is 0 Å². The lowest BCUT2D eigenvalue weighted by Crippen LogP contribution is -1.96. The van der Waals surface area contributed by atoms with Gasteiger partial charge in [-0.05, 0) is 0 Å². The molecule has 0 bridgehead atoms. The molecule has 0 aliphatic carbocycles. The summed E-state index contributed by atoms with van der Waals surface area (Å²) >= 11 is 5.31. The van der Waals surface area contributed by atoms with Gasteiger partial charge in [-0.1, -0.05) is 47.0 Å². The van der Waals surface area contributed by atoms with E-state index < -0.39 is 4.59 Å². The van der Waals surface area contributed by atoms with Crippen LogP contribution >= 0.6 is 47.0 Å². The highest BCUT2D eigenvalue weighted by molar-refractivity contribution is 14.1. The van der Waals surface area contributed by atoms with E-state index in [4.69, 9.17) is 0 Å². The van der Waals surface area contributed by atoms with E-state index >= 15 is 0 Å². The van der Waals surface area contributed by atoms with E-state index in [9.17, 15) is 8.78 Å². The van der Waals surface area contributed by atoms with Gasteiger partial charge in [0.2, 0.25) is 0 Å². The average molecular weight is 256 g/mol. The van der Waals surface area contributed by atoms with Crippen LogP contribution in [0.5, 0.6) is 0 Å². The number of alkyl halides is 3. The maximum absolute atomic E-state index is 11.5. The van der Waals surface area contributed by atoms with Crippen molar-refractivity contribution in [2.75, 3.05) is 3.76 Å². The van der Waals surface area contributed by atoms with Crippen LogP contribution in [0.1, 0.15) is 0 Å². The zero-order chi connectivity index (χ0) is 5.91. The molecule has 0 amide bonds. The quantitative estimate of drug-likeness (QED) is 0.343. The molecule has 0 heterocycles. The molecule has 0 rings (SSSR count). The highest BCUT2D eigenvalue weighted by Gasteiger charge is 2.21. The molecule has 0 aromatic heterocycles. The molecule has 0 atom stereocenters. The molecule has 0 spiro atoms. The van der Waals surface area contributed by atoms with Crippen LogP contribution in [0.4, 0.5) is 8.78 Å². The molecule has 0 nitrogen and oxygen atoms in total. The van der Waals surface area contributed by atoms with Crippen LogP contribution in [0.15, 0.2) is 0 Å². The van der Waals surface area contributed by atoms with E-state index in [1.54, 1.807) is 0 Å². The lowest BCUT2D eigenvalue weighted by Gasteiger charge is -2.02. The minimum absolute atomic E-state index is 0.369. The van der Waals surface area contributed by atoms with Crippen LogP contribution in [0.25, 0.3) is 0 Å². The van der Waals surface area contributed by atoms with Gasteiger partial charge in [-0.15, -0.1) is 0 Å². The summed E-state index contributed by atoms with van der Waals surface area (Å²) in [6.45, 7) is 0. The minimum atomic E-state index is -2.85. The van der Waals surface area contributed by atoms with Gasteiger partial charge >= 0.3 is 4.59 Å². The van der Waals surface area contributed by atoms with E-state index in [0.29, 0.717) is 15.5 Å².